The molecule has 3 rings (SSSR count). The molecule has 1 saturated heterocycles. The van der Waals surface area contributed by atoms with Gasteiger partial charge in [-0.2, -0.15) is 0 Å². The molecule has 1 aromatic heterocycles. The number of fused-ring (bicyclic) bond motifs is 2. The molecule has 3 heteroatoms. The maximum atomic E-state index is 4.84. The third-order valence-corrected chi connectivity index (χ3v) is 4.30. The van der Waals surface area contributed by atoms with E-state index >= 15 is 0 Å². The molecule has 2 unspecified atom stereocenters. The Balaban J connectivity index is 1.70. The van der Waals surface area contributed by atoms with E-state index in [0.29, 0.717) is 0 Å². The Morgan fingerprint density at radius 3 is 2.79 bits per heavy atom. The fraction of sp³-hybridized carbons (Fsp3) is 0.688. The monoisotopic (exact) mass is 259 g/mol. The molecule has 104 valence electrons. The fourth-order valence-corrected chi connectivity index (χ4v) is 3.29. The van der Waals surface area contributed by atoms with Crippen molar-refractivity contribution >= 4 is 5.82 Å². The van der Waals surface area contributed by atoms with Crippen LogP contribution in [0.1, 0.15) is 45.7 Å². The van der Waals surface area contributed by atoms with Crippen molar-refractivity contribution < 1.29 is 0 Å². The summed E-state index contributed by atoms with van der Waals surface area (Å²) in [7, 11) is 0. The normalized spacial score (nSPS) is 26.2. The Hall–Kier alpha value is -1.09. The molecule has 2 bridgehead atoms. The molecule has 19 heavy (non-hydrogen) atoms. The second-order valence-corrected chi connectivity index (χ2v) is 7.08. The number of anilines is 1. The molecule has 0 amide bonds. The van der Waals surface area contributed by atoms with E-state index in [0.717, 1.165) is 24.2 Å². The highest BCUT2D eigenvalue weighted by atomic mass is 15.2. The van der Waals surface area contributed by atoms with Gasteiger partial charge >= 0.3 is 0 Å². The minimum atomic E-state index is 0.143. The van der Waals surface area contributed by atoms with Crippen LogP contribution in [0.3, 0.4) is 0 Å². The summed E-state index contributed by atoms with van der Waals surface area (Å²) in [6.07, 6.45) is 4.16. The average Bonchev–Trinajstić information content (AvgIpc) is 2.98. The third kappa shape index (κ3) is 2.92. The minimum Gasteiger partial charge on any atom is -0.353 e. The van der Waals surface area contributed by atoms with Crippen molar-refractivity contribution in [2.45, 2.75) is 58.2 Å². The summed E-state index contributed by atoms with van der Waals surface area (Å²) in [5.41, 5.74) is 1.29. The van der Waals surface area contributed by atoms with Crippen LogP contribution in [0.25, 0.3) is 0 Å². The van der Waals surface area contributed by atoms with Gasteiger partial charge in [0.25, 0.3) is 0 Å². The number of nitrogens with one attached hydrogen (secondary N) is 1. The SMILES string of the molecule is CC(C)(C)NCc1cccc(N2CC3CCC2C3)n1. The van der Waals surface area contributed by atoms with Gasteiger partial charge in [-0.05, 0) is 58.1 Å². The minimum absolute atomic E-state index is 0.143. The van der Waals surface area contributed by atoms with Gasteiger partial charge in [-0.15, -0.1) is 0 Å². The zero-order valence-corrected chi connectivity index (χ0v) is 12.3. The topological polar surface area (TPSA) is 28.2 Å². The van der Waals surface area contributed by atoms with Crippen LogP contribution in [-0.2, 0) is 6.54 Å². The van der Waals surface area contributed by atoms with Gasteiger partial charge in [0, 0.05) is 24.7 Å². The van der Waals surface area contributed by atoms with Crippen LogP contribution in [0.4, 0.5) is 5.82 Å². The molecule has 0 radical (unpaired) electrons. The number of rotatable bonds is 3. The van der Waals surface area contributed by atoms with E-state index in [2.05, 4.69) is 49.2 Å². The maximum Gasteiger partial charge on any atom is 0.129 e. The van der Waals surface area contributed by atoms with Crippen molar-refractivity contribution in [3.8, 4) is 0 Å². The molecule has 0 spiro atoms. The smallest absolute Gasteiger partial charge is 0.129 e. The number of hydrogen-bond acceptors (Lipinski definition) is 3. The second-order valence-electron chi connectivity index (χ2n) is 7.08. The average molecular weight is 259 g/mol. The zero-order valence-electron chi connectivity index (χ0n) is 12.3. The molecule has 1 aliphatic heterocycles. The quantitative estimate of drug-likeness (QED) is 0.904. The van der Waals surface area contributed by atoms with Crippen molar-refractivity contribution in [2.24, 2.45) is 5.92 Å². The summed E-state index contributed by atoms with van der Waals surface area (Å²) in [5.74, 6) is 2.10. The number of nitrogens with zero attached hydrogens (tertiary/aromatic N) is 2. The van der Waals surface area contributed by atoms with E-state index in [-0.39, 0.29) is 5.54 Å². The molecule has 0 aromatic carbocycles. The first-order valence-corrected chi connectivity index (χ1v) is 7.49. The van der Waals surface area contributed by atoms with Gasteiger partial charge in [-0.3, -0.25) is 0 Å². The largest absolute Gasteiger partial charge is 0.353 e. The maximum absolute atomic E-state index is 4.84. The van der Waals surface area contributed by atoms with E-state index < -0.39 is 0 Å². The molecule has 2 fully saturated rings. The van der Waals surface area contributed by atoms with Crippen LogP contribution >= 0.6 is 0 Å². The molecule has 1 saturated carbocycles. The van der Waals surface area contributed by atoms with E-state index in [1.54, 1.807) is 0 Å². The molecule has 1 aromatic rings. The summed E-state index contributed by atoms with van der Waals surface area (Å²) in [6, 6.07) is 7.19. The van der Waals surface area contributed by atoms with Crippen LogP contribution in [0.5, 0.6) is 0 Å². The highest BCUT2D eigenvalue weighted by molar-refractivity contribution is 5.43. The summed E-state index contributed by atoms with van der Waals surface area (Å²) < 4.78 is 0. The van der Waals surface area contributed by atoms with Gasteiger partial charge in [0.2, 0.25) is 0 Å². The van der Waals surface area contributed by atoms with E-state index in [1.807, 2.05) is 0 Å². The van der Waals surface area contributed by atoms with Gasteiger partial charge in [-0.25, -0.2) is 4.98 Å². The van der Waals surface area contributed by atoms with E-state index in [1.165, 1.54) is 31.6 Å². The van der Waals surface area contributed by atoms with E-state index in [4.69, 9.17) is 4.98 Å². The Morgan fingerprint density at radius 2 is 2.16 bits per heavy atom. The standard InChI is InChI=1S/C16H25N3/c1-16(2,3)17-10-13-5-4-6-15(18-13)19-11-12-7-8-14(19)9-12/h4-6,12,14,17H,7-11H2,1-3H3. The molecular formula is C16H25N3. The molecule has 2 atom stereocenters. The molecule has 3 nitrogen and oxygen atoms in total. The first-order valence-electron chi connectivity index (χ1n) is 7.49. The van der Waals surface area contributed by atoms with Crippen molar-refractivity contribution in [1.29, 1.82) is 0 Å². The lowest BCUT2D eigenvalue weighted by Crippen LogP contribution is -2.36. The molecule has 1 N–H and O–H groups in total. The predicted octanol–water partition coefficient (Wildman–Crippen LogP) is 2.96. The number of hydrogen-bond donors (Lipinski definition) is 1. The lowest BCUT2D eigenvalue weighted by molar-refractivity contribution is 0.421. The van der Waals surface area contributed by atoms with Gasteiger partial charge < -0.3 is 10.2 Å². The van der Waals surface area contributed by atoms with Crippen LogP contribution in [0, 0.1) is 5.92 Å². The summed E-state index contributed by atoms with van der Waals surface area (Å²) in [5, 5.41) is 3.51. The molecule has 2 aliphatic rings. The van der Waals surface area contributed by atoms with Crippen LogP contribution in [0.15, 0.2) is 18.2 Å². The number of piperidine rings is 1. The summed E-state index contributed by atoms with van der Waals surface area (Å²) in [6.45, 7) is 8.63. The molecular weight excluding hydrogens is 234 g/mol. The van der Waals surface area contributed by atoms with Gasteiger partial charge in [0.15, 0.2) is 0 Å². The Kier molecular flexibility index (Phi) is 3.25. The summed E-state index contributed by atoms with van der Waals surface area (Å²) in [4.78, 5) is 7.36. The third-order valence-electron chi connectivity index (χ3n) is 4.30. The number of pyridine rings is 1. The zero-order chi connectivity index (χ0) is 13.5. The van der Waals surface area contributed by atoms with E-state index in [9.17, 15) is 0 Å². The van der Waals surface area contributed by atoms with Gasteiger partial charge in [-0.1, -0.05) is 6.07 Å². The lowest BCUT2D eigenvalue weighted by atomic mass is 10.1. The van der Waals surface area contributed by atoms with Gasteiger partial charge in [0.05, 0.1) is 5.69 Å². The molecule has 1 aliphatic carbocycles. The first-order chi connectivity index (χ1) is 9.01. The fourth-order valence-electron chi connectivity index (χ4n) is 3.29. The van der Waals surface area contributed by atoms with Crippen LogP contribution < -0.4 is 10.2 Å². The number of aromatic nitrogens is 1. The Morgan fingerprint density at radius 1 is 1.32 bits per heavy atom. The van der Waals surface area contributed by atoms with Crippen molar-refractivity contribution in [2.75, 3.05) is 11.4 Å². The Labute approximate surface area is 116 Å². The second kappa shape index (κ2) is 4.78. The Bertz CT molecular complexity index is 450. The van der Waals surface area contributed by atoms with Crippen LogP contribution in [-0.4, -0.2) is 23.1 Å². The van der Waals surface area contributed by atoms with Crippen LogP contribution in [0.2, 0.25) is 0 Å². The van der Waals surface area contributed by atoms with Crippen molar-refractivity contribution in [3.05, 3.63) is 23.9 Å². The van der Waals surface area contributed by atoms with Crippen molar-refractivity contribution in [1.82, 2.24) is 10.3 Å². The highest BCUT2D eigenvalue weighted by Crippen LogP contribution is 2.39. The first kappa shape index (κ1) is 12.9. The lowest BCUT2D eigenvalue weighted by Gasteiger charge is -2.28. The predicted molar refractivity (Wildman–Crippen MR) is 79.3 cm³/mol. The van der Waals surface area contributed by atoms with Gasteiger partial charge in [0.1, 0.15) is 5.82 Å². The highest BCUT2D eigenvalue weighted by Gasteiger charge is 2.38. The summed E-state index contributed by atoms with van der Waals surface area (Å²) >= 11 is 0. The van der Waals surface area contributed by atoms with Crippen molar-refractivity contribution in [3.63, 3.8) is 0 Å². The molecule has 2 heterocycles.